The van der Waals surface area contributed by atoms with Crippen molar-refractivity contribution in [2.45, 2.75) is 25.4 Å². The van der Waals surface area contributed by atoms with E-state index in [-0.39, 0.29) is 30.4 Å². The Bertz CT molecular complexity index is 1000. The van der Waals surface area contributed by atoms with Gasteiger partial charge in [-0.1, -0.05) is 29.8 Å². The van der Waals surface area contributed by atoms with Crippen molar-refractivity contribution in [1.29, 1.82) is 0 Å². The van der Waals surface area contributed by atoms with Crippen LogP contribution in [0.5, 0.6) is 5.75 Å². The first kappa shape index (κ1) is 21.4. The Morgan fingerprint density at radius 3 is 2.62 bits per heavy atom. The fourth-order valence-corrected chi connectivity index (χ4v) is 4.30. The summed E-state index contributed by atoms with van der Waals surface area (Å²) in [4.78, 5) is 37.6. The number of pyridine rings is 1. The van der Waals surface area contributed by atoms with E-state index >= 15 is 0 Å². The van der Waals surface area contributed by atoms with E-state index in [1.807, 2.05) is 13.8 Å². The molecule has 0 atom stereocenters. The van der Waals surface area contributed by atoms with Crippen molar-refractivity contribution in [2.24, 2.45) is 5.92 Å². The van der Waals surface area contributed by atoms with Crippen LogP contribution in [0, 0.1) is 5.92 Å². The standard InChI is InChI=1S/C20H21BrN2O5S/c1-11(2)8-28-16(24)7-22-19(26)17-18(25)14-9-29-10-15(14)23(20(17)27)13-5-3-12(21)4-6-13/h3-6,11,25H,7-10H2,1-2H3,(H,22,26). The summed E-state index contributed by atoms with van der Waals surface area (Å²) < 4.78 is 7.33. The highest BCUT2D eigenvalue weighted by Gasteiger charge is 2.29. The molecule has 0 spiro atoms. The van der Waals surface area contributed by atoms with Crippen LogP contribution in [-0.4, -0.2) is 34.7 Å². The van der Waals surface area contributed by atoms with Crippen LogP contribution in [0.25, 0.3) is 5.69 Å². The minimum absolute atomic E-state index is 0.172. The summed E-state index contributed by atoms with van der Waals surface area (Å²) in [6, 6.07) is 7.12. The second-order valence-corrected chi connectivity index (χ2v) is 8.92. The molecule has 0 unspecified atom stereocenters. The van der Waals surface area contributed by atoms with E-state index in [0.29, 0.717) is 28.5 Å². The van der Waals surface area contributed by atoms with Crippen LogP contribution in [-0.2, 0) is 21.0 Å². The van der Waals surface area contributed by atoms with Gasteiger partial charge in [-0.25, -0.2) is 0 Å². The first-order valence-electron chi connectivity index (χ1n) is 9.06. The molecular formula is C20H21BrN2O5S. The number of fused-ring (bicyclic) bond motifs is 1. The zero-order valence-corrected chi connectivity index (χ0v) is 18.4. The minimum Gasteiger partial charge on any atom is -0.507 e. The summed E-state index contributed by atoms with van der Waals surface area (Å²) in [5, 5.41) is 13.0. The molecule has 0 fully saturated rings. The van der Waals surface area contributed by atoms with E-state index in [2.05, 4.69) is 21.2 Å². The van der Waals surface area contributed by atoms with Crippen molar-refractivity contribution in [3.05, 3.63) is 55.9 Å². The molecule has 9 heteroatoms. The number of aromatic nitrogens is 1. The highest BCUT2D eigenvalue weighted by atomic mass is 79.9. The molecule has 1 aliphatic heterocycles. The quantitative estimate of drug-likeness (QED) is 0.616. The van der Waals surface area contributed by atoms with Gasteiger partial charge < -0.3 is 15.2 Å². The number of halogens is 1. The van der Waals surface area contributed by atoms with Gasteiger partial charge in [0, 0.05) is 32.9 Å². The van der Waals surface area contributed by atoms with Gasteiger partial charge in [0.2, 0.25) is 0 Å². The Morgan fingerprint density at radius 1 is 1.28 bits per heavy atom. The number of nitrogens with zero attached hydrogens (tertiary/aromatic N) is 1. The van der Waals surface area contributed by atoms with Gasteiger partial charge in [-0.2, -0.15) is 11.8 Å². The lowest BCUT2D eigenvalue weighted by atomic mass is 10.1. The van der Waals surface area contributed by atoms with E-state index in [9.17, 15) is 19.5 Å². The number of thioether (sulfide) groups is 1. The lowest BCUT2D eigenvalue weighted by Crippen LogP contribution is -2.37. The molecule has 1 aromatic carbocycles. The maximum absolute atomic E-state index is 13.1. The number of benzene rings is 1. The van der Waals surface area contributed by atoms with Crippen LogP contribution in [0.2, 0.25) is 0 Å². The fourth-order valence-electron chi connectivity index (χ4n) is 2.93. The van der Waals surface area contributed by atoms with Crippen LogP contribution in [0.1, 0.15) is 35.5 Å². The Labute approximate surface area is 180 Å². The third-order valence-corrected chi connectivity index (χ3v) is 5.82. The molecule has 3 rings (SSSR count). The average Bonchev–Trinajstić information content (AvgIpc) is 3.16. The molecule has 0 aliphatic carbocycles. The number of amides is 1. The largest absolute Gasteiger partial charge is 0.507 e. The van der Waals surface area contributed by atoms with Crippen LogP contribution in [0.4, 0.5) is 0 Å². The molecular weight excluding hydrogens is 460 g/mol. The van der Waals surface area contributed by atoms with Crippen molar-refractivity contribution in [3.8, 4) is 11.4 Å². The molecule has 2 aromatic rings. The number of hydrogen-bond donors (Lipinski definition) is 2. The summed E-state index contributed by atoms with van der Waals surface area (Å²) in [6.07, 6.45) is 0. The summed E-state index contributed by atoms with van der Waals surface area (Å²) >= 11 is 4.92. The Kier molecular flexibility index (Phi) is 6.69. The summed E-state index contributed by atoms with van der Waals surface area (Å²) in [7, 11) is 0. The van der Waals surface area contributed by atoms with Crippen LogP contribution < -0.4 is 10.9 Å². The number of aromatic hydroxyl groups is 1. The van der Waals surface area contributed by atoms with E-state index in [0.717, 1.165) is 4.47 Å². The van der Waals surface area contributed by atoms with Gasteiger partial charge in [0.05, 0.1) is 6.61 Å². The predicted octanol–water partition coefficient (Wildman–Crippen LogP) is 2.98. The molecule has 1 aromatic heterocycles. The normalized spacial score (nSPS) is 12.7. The Balaban J connectivity index is 1.94. The minimum atomic E-state index is -0.806. The third kappa shape index (κ3) is 4.67. The molecule has 7 nitrogen and oxygen atoms in total. The third-order valence-electron chi connectivity index (χ3n) is 4.33. The summed E-state index contributed by atoms with van der Waals surface area (Å²) in [5.41, 5.74) is 0.838. The number of carbonyl (C=O) groups excluding carboxylic acids is 2. The topological polar surface area (TPSA) is 97.6 Å². The highest BCUT2D eigenvalue weighted by molar-refractivity contribution is 9.10. The van der Waals surface area contributed by atoms with Crippen LogP contribution in [0.15, 0.2) is 33.5 Å². The fraction of sp³-hybridized carbons (Fsp3) is 0.350. The zero-order chi connectivity index (χ0) is 21.1. The van der Waals surface area contributed by atoms with Gasteiger partial charge >= 0.3 is 5.97 Å². The van der Waals surface area contributed by atoms with E-state index in [4.69, 9.17) is 4.74 Å². The lowest BCUT2D eigenvalue weighted by Gasteiger charge is -2.16. The van der Waals surface area contributed by atoms with Crippen LogP contribution >= 0.6 is 27.7 Å². The predicted molar refractivity (Wildman–Crippen MR) is 115 cm³/mol. The van der Waals surface area contributed by atoms with Gasteiger partial charge in [0.25, 0.3) is 11.5 Å². The number of ether oxygens (including phenoxy) is 1. The number of esters is 1. The molecule has 1 amide bonds. The number of nitrogens with one attached hydrogen (secondary N) is 1. The maximum Gasteiger partial charge on any atom is 0.325 e. The van der Waals surface area contributed by atoms with Crippen LogP contribution in [0.3, 0.4) is 0 Å². The van der Waals surface area contributed by atoms with Gasteiger partial charge in [0.15, 0.2) is 0 Å². The Morgan fingerprint density at radius 2 is 1.97 bits per heavy atom. The molecule has 0 radical (unpaired) electrons. The molecule has 0 bridgehead atoms. The average molecular weight is 481 g/mol. The molecule has 0 saturated heterocycles. The Hall–Kier alpha value is -2.26. The lowest BCUT2D eigenvalue weighted by molar-refractivity contribution is -0.143. The van der Waals surface area contributed by atoms with Gasteiger partial charge in [-0.05, 0) is 30.2 Å². The van der Waals surface area contributed by atoms with Crippen molar-refractivity contribution < 1.29 is 19.4 Å². The smallest absolute Gasteiger partial charge is 0.325 e. The first-order chi connectivity index (χ1) is 13.8. The van der Waals surface area contributed by atoms with Crippen molar-refractivity contribution in [3.63, 3.8) is 0 Å². The number of carbonyl (C=O) groups is 2. The molecule has 2 heterocycles. The van der Waals surface area contributed by atoms with E-state index < -0.39 is 17.4 Å². The molecule has 29 heavy (non-hydrogen) atoms. The second-order valence-electron chi connectivity index (χ2n) is 7.02. The second kappa shape index (κ2) is 9.04. The maximum atomic E-state index is 13.1. The van der Waals surface area contributed by atoms with E-state index in [1.165, 1.54) is 4.57 Å². The van der Waals surface area contributed by atoms with Gasteiger partial charge in [-0.3, -0.25) is 19.0 Å². The molecule has 154 valence electrons. The van der Waals surface area contributed by atoms with Crippen molar-refractivity contribution in [1.82, 2.24) is 9.88 Å². The monoisotopic (exact) mass is 480 g/mol. The molecule has 2 N–H and O–H groups in total. The number of rotatable bonds is 6. The summed E-state index contributed by atoms with van der Waals surface area (Å²) in [5.74, 6) is -0.509. The SMILES string of the molecule is CC(C)COC(=O)CNC(=O)c1c(O)c2c(n(-c3ccc(Br)cc3)c1=O)CSC2. The molecule has 0 saturated carbocycles. The summed E-state index contributed by atoms with van der Waals surface area (Å²) in [6.45, 7) is 3.66. The first-order valence-corrected chi connectivity index (χ1v) is 11.0. The van der Waals surface area contributed by atoms with Gasteiger partial charge in [-0.15, -0.1) is 0 Å². The van der Waals surface area contributed by atoms with Gasteiger partial charge in [0.1, 0.15) is 17.9 Å². The molecule has 1 aliphatic rings. The highest BCUT2D eigenvalue weighted by Crippen LogP contribution is 2.37. The van der Waals surface area contributed by atoms with Crippen molar-refractivity contribution >= 4 is 39.6 Å². The van der Waals surface area contributed by atoms with E-state index in [1.54, 1.807) is 36.0 Å². The number of hydrogen-bond acceptors (Lipinski definition) is 6. The zero-order valence-electron chi connectivity index (χ0n) is 16.0. The van der Waals surface area contributed by atoms with Crippen molar-refractivity contribution in [2.75, 3.05) is 13.2 Å².